The molecule has 10 heteroatoms. The Hall–Kier alpha value is -4.18. The van der Waals surface area contributed by atoms with Crippen LogP contribution >= 0.6 is 11.3 Å². The van der Waals surface area contributed by atoms with Gasteiger partial charge in [0.1, 0.15) is 16.2 Å². The Labute approximate surface area is 241 Å². The number of ether oxygens (including phenoxy) is 2. The summed E-state index contributed by atoms with van der Waals surface area (Å²) in [4.78, 5) is 55.6. The average Bonchev–Trinajstić information content (AvgIpc) is 3.64. The molecule has 2 N–H and O–H groups in total. The summed E-state index contributed by atoms with van der Waals surface area (Å²) >= 11 is 1.06. The largest absolute Gasteiger partial charge is 0.497 e. The minimum atomic E-state index is -0.636. The molecule has 0 radical (unpaired) electrons. The summed E-state index contributed by atoms with van der Waals surface area (Å²) in [7, 11) is 1.58. The Balaban J connectivity index is 1.36. The number of thiophene rings is 1. The van der Waals surface area contributed by atoms with Gasteiger partial charge in [-0.05, 0) is 75.4 Å². The van der Waals surface area contributed by atoms with Crippen molar-refractivity contribution in [3.05, 3.63) is 97.0 Å². The van der Waals surface area contributed by atoms with Crippen molar-refractivity contribution >= 4 is 33.4 Å². The van der Waals surface area contributed by atoms with Crippen molar-refractivity contribution in [2.75, 3.05) is 7.11 Å². The van der Waals surface area contributed by atoms with Crippen LogP contribution in [0.15, 0.2) is 64.2 Å². The SMILES string of the molecule is COc1cccc(CNC(=O)c2cc3c(=O)n(C(C)c4ccc(C5(C(=O)OC(C)(C)C)CC5)cc4)c(=O)[nH]c3s2)c1. The van der Waals surface area contributed by atoms with Gasteiger partial charge in [0.2, 0.25) is 0 Å². The van der Waals surface area contributed by atoms with Crippen molar-refractivity contribution in [1.82, 2.24) is 14.9 Å². The van der Waals surface area contributed by atoms with Gasteiger partial charge in [-0.2, -0.15) is 0 Å². The van der Waals surface area contributed by atoms with Gasteiger partial charge in [-0.25, -0.2) is 4.79 Å². The highest BCUT2D eigenvalue weighted by Crippen LogP contribution is 2.50. The molecule has 41 heavy (non-hydrogen) atoms. The monoisotopic (exact) mass is 575 g/mol. The van der Waals surface area contributed by atoms with Crippen LogP contribution in [0.1, 0.15) is 72.9 Å². The molecule has 5 rings (SSSR count). The number of benzene rings is 2. The third-order valence-electron chi connectivity index (χ3n) is 7.30. The molecule has 214 valence electrons. The highest BCUT2D eigenvalue weighted by Gasteiger charge is 2.53. The van der Waals surface area contributed by atoms with E-state index >= 15 is 0 Å². The minimum Gasteiger partial charge on any atom is -0.497 e. The van der Waals surface area contributed by atoms with E-state index in [0.29, 0.717) is 15.5 Å². The van der Waals surface area contributed by atoms with Crippen LogP contribution in [0.3, 0.4) is 0 Å². The molecule has 2 aromatic heterocycles. The first-order valence-electron chi connectivity index (χ1n) is 13.5. The fraction of sp³-hybridized carbons (Fsp3) is 0.355. The lowest BCUT2D eigenvalue weighted by atomic mass is 9.93. The minimum absolute atomic E-state index is 0.232. The van der Waals surface area contributed by atoms with Gasteiger partial charge in [-0.3, -0.25) is 23.9 Å². The molecule has 0 bridgehead atoms. The van der Waals surface area contributed by atoms with Gasteiger partial charge < -0.3 is 14.8 Å². The fourth-order valence-corrected chi connectivity index (χ4v) is 5.83. The van der Waals surface area contributed by atoms with Crippen LogP contribution in [-0.4, -0.2) is 34.1 Å². The molecule has 4 aromatic rings. The first-order valence-corrected chi connectivity index (χ1v) is 14.3. The Morgan fingerprint density at radius 2 is 1.80 bits per heavy atom. The van der Waals surface area contributed by atoms with E-state index in [-0.39, 0.29) is 23.8 Å². The number of methoxy groups -OCH3 is 1. The summed E-state index contributed by atoms with van der Waals surface area (Å²) in [6.07, 6.45) is 1.44. The third kappa shape index (κ3) is 5.69. The summed E-state index contributed by atoms with van der Waals surface area (Å²) in [6, 6.07) is 15.7. The maximum atomic E-state index is 13.5. The molecule has 9 nitrogen and oxygen atoms in total. The lowest BCUT2D eigenvalue weighted by molar-refractivity contribution is -0.158. The van der Waals surface area contributed by atoms with E-state index in [0.717, 1.165) is 45.4 Å². The van der Waals surface area contributed by atoms with Crippen LogP contribution in [0.4, 0.5) is 0 Å². The number of rotatable bonds is 8. The number of esters is 1. The number of amides is 1. The number of hydrogen-bond acceptors (Lipinski definition) is 7. The van der Waals surface area contributed by atoms with Crippen molar-refractivity contribution in [3.8, 4) is 5.75 Å². The van der Waals surface area contributed by atoms with Crippen LogP contribution in [0.2, 0.25) is 0 Å². The van der Waals surface area contributed by atoms with E-state index in [9.17, 15) is 19.2 Å². The predicted molar refractivity (Wildman–Crippen MR) is 158 cm³/mol. The zero-order chi connectivity index (χ0) is 29.5. The van der Waals surface area contributed by atoms with Crippen molar-refractivity contribution in [2.45, 2.75) is 64.1 Å². The van der Waals surface area contributed by atoms with Gasteiger partial charge in [-0.1, -0.05) is 36.4 Å². The van der Waals surface area contributed by atoms with Gasteiger partial charge in [0.05, 0.1) is 28.8 Å². The first kappa shape index (κ1) is 28.4. The average molecular weight is 576 g/mol. The number of aromatic nitrogens is 2. The molecule has 1 aliphatic carbocycles. The standard InChI is InChI=1S/C31H33N3O6S/c1-18(20-9-11-21(12-10-20)31(13-14-31)28(37)40-30(2,3)4)34-27(36)23-16-24(41-26(23)33-29(34)38)25(35)32-17-19-7-6-8-22(15-19)39-5/h6-12,15-16,18H,13-14,17H2,1-5H3,(H,32,35)(H,33,38). The Bertz CT molecular complexity index is 1740. The lowest BCUT2D eigenvalue weighted by Gasteiger charge is -2.24. The molecule has 2 aromatic carbocycles. The number of H-pyrrole nitrogens is 1. The van der Waals surface area contributed by atoms with E-state index in [4.69, 9.17) is 9.47 Å². The van der Waals surface area contributed by atoms with Crippen molar-refractivity contribution < 1.29 is 19.1 Å². The molecule has 1 unspecified atom stereocenters. The molecule has 1 aliphatic rings. The third-order valence-corrected chi connectivity index (χ3v) is 8.35. The van der Waals surface area contributed by atoms with Gasteiger partial charge >= 0.3 is 11.7 Å². The van der Waals surface area contributed by atoms with Crippen LogP contribution < -0.4 is 21.3 Å². The molecule has 0 spiro atoms. The zero-order valence-electron chi connectivity index (χ0n) is 23.7. The van der Waals surface area contributed by atoms with Crippen molar-refractivity contribution in [1.29, 1.82) is 0 Å². The molecule has 0 saturated heterocycles. The zero-order valence-corrected chi connectivity index (χ0v) is 24.5. The topological polar surface area (TPSA) is 119 Å². The van der Waals surface area contributed by atoms with Gasteiger partial charge in [0.15, 0.2) is 0 Å². The number of nitrogens with one attached hydrogen (secondary N) is 2. The fourth-order valence-electron chi connectivity index (χ4n) is 4.88. The number of hydrogen-bond donors (Lipinski definition) is 2. The van der Waals surface area contributed by atoms with E-state index in [1.807, 2.05) is 69.3 Å². The van der Waals surface area contributed by atoms with Crippen molar-refractivity contribution in [3.63, 3.8) is 0 Å². The quantitative estimate of drug-likeness (QED) is 0.295. The summed E-state index contributed by atoms with van der Waals surface area (Å²) in [5, 5.41) is 3.12. The van der Waals surface area contributed by atoms with E-state index in [2.05, 4.69) is 10.3 Å². The molecule has 2 heterocycles. The normalized spacial score (nSPS) is 14.9. The summed E-state index contributed by atoms with van der Waals surface area (Å²) < 4.78 is 12.0. The number of carbonyl (C=O) groups excluding carboxylic acids is 2. The molecule has 0 aliphatic heterocycles. The Kier molecular flexibility index (Phi) is 7.37. The predicted octanol–water partition coefficient (Wildman–Crippen LogP) is 4.67. The van der Waals surface area contributed by atoms with E-state index in [1.165, 1.54) is 6.07 Å². The highest BCUT2D eigenvalue weighted by molar-refractivity contribution is 7.20. The molecule has 1 fully saturated rings. The maximum Gasteiger partial charge on any atom is 0.330 e. The Morgan fingerprint density at radius 1 is 1.10 bits per heavy atom. The Morgan fingerprint density at radius 3 is 2.44 bits per heavy atom. The van der Waals surface area contributed by atoms with Crippen LogP contribution in [-0.2, 0) is 21.5 Å². The molecule has 1 amide bonds. The smallest absolute Gasteiger partial charge is 0.330 e. The molecule has 1 atom stereocenters. The van der Waals surface area contributed by atoms with Crippen LogP contribution in [0.25, 0.3) is 10.2 Å². The van der Waals surface area contributed by atoms with Crippen LogP contribution in [0, 0.1) is 0 Å². The second-order valence-corrected chi connectivity index (χ2v) is 12.4. The number of nitrogens with zero attached hydrogens (tertiary/aromatic N) is 1. The lowest BCUT2D eigenvalue weighted by Crippen LogP contribution is -2.37. The first-order chi connectivity index (χ1) is 19.4. The van der Waals surface area contributed by atoms with E-state index in [1.54, 1.807) is 14.0 Å². The molecule has 1 saturated carbocycles. The van der Waals surface area contributed by atoms with Crippen LogP contribution in [0.5, 0.6) is 5.75 Å². The second-order valence-electron chi connectivity index (χ2n) is 11.4. The molecular formula is C31H33N3O6S. The highest BCUT2D eigenvalue weighted by atomic mass is 32.1. The summed E-state index contributed by atoms with van der Waals surface area (Å²) in [5.74, 6) is 0.115. The summed E-state index contributed by atoms with van der Waals surface area (Å²) in [5.41, 5.74) is 0.234. The van der Waals surface area contributed by atoms with Crippen molar-refractivity contribution in [2.24, 2.45) is 0 Å². The molecular weight excluding hydrogens is 542 g/mol. The summed E-state index contributed by atoms with van der Waals surface area (Å²) in [6.45, 7) is 7.61. The maximum absolute atomic E-state index is 13.5. The van der Waals surface area contributed by atoms with Gasteiger partial charge in [0, 0.05) is 6.54 Å². The number of carbonyl (C=O) groups is 2. The van der Waals surface area contributed by atoms with Gasteiger partial charge in [0.25, 0.3) is 11.5 Å². The van der Waals surface area contributed by atoms with E-state index < -0.39 is 28.3 Å². The number of fused-ring (bicyclic) bond motifs is 1. The number of aromatic amines is 1. The van der Waals surface area contributed by atoms with Gasteiger partial charge in [-0.15, -0.1) is 11.3 Å². The second kappa shape index (κ2) is 10.7.